The summed E-state index contributed by atoms with van der Waals surface area (Å²) in [5, 5.41) is 0. The molecule has 0 saturated heterocycles. The van der Waals surface area contributed by atoms with Crippen LogP contribution in [0.15, 0.2) is 60.2 Å². The summed E-state index contributed by atoms with van der Waals surface area (Å²) in [5.41, 5.74) is 6.91. The zero-order valence-corrected chi connectivity index (χ0v) is 16.6. The molecule has 0 radical (unpaired) electrons. The number of allylic oxidation sites excluding steroid dienone is 4. The third-order valence-electron chi connectivity index (χ3n) is 3.90. The van der Waals surface area contributed by atoms with Gasteiger partial charge in [0.15, 0.2) is 0 Å². The second-order valence-electron chi connectivity index (χ2n) is 5.45. The van der Waals surface area contributed by atoms with Crippen molar-refractivity contribution in [3.63, 3.8) is 0 Å². The van der Waals surface area contributed by atoms with Crippen LogP contribution in [-0.4, -0.2) is 0 Å². The van der Waals surface area contributed by atoms with Crippen LogP contribution < -0.4 is 0 Å². The van der Waals surface area contributed by atoms with E-state index in [1.54, 1.807) is 0 Å². The van der Waals surface area contributed by atoms with Crippen LogP contribution in [0.3, 0.4) is 0 Å². The van der Waals surface area contributed by atoms with Gasteiger partial charge in [-0.15, -0.1) is 12.0 Å². The Balaban J connectivity index is 0.000000172. The molecule has 0 saturated carbocycles. The predicted octanol–water partition coefficient (Wildman–Crippen LogP) is 5.53. The number of fused-ring (bicyclic) bond motifs is 3. The molecule has 1 heteroatoms. The molecule has 2 aromatic rings. The predicted molar refractivity (Wildman–Crippen MR) is 88.9 cm³/mol. The van der Waals surface area contributed by atoms with Gasteiger partial charge in [0, 0.05) is 25.8 Å². The molecule has 22 heavy (non-hydrogen) atoms. The van der Waals surface area contributed by atoms with Crippen molar-refractivity contribution in [3.8, 4) is 11.1 Å². The van der Waals surface area contributed by atoms with Gasteiger partial charge in [0.25, 0.3) is 0 Å². The quantitative estimate of drug-likeness (QED) is 0.355. The normalized spacial score (nSPS) is 13.4. The van der Waals surface area contributed by atoms with Gasteiger partial charge in [-0.3, -0.25) is 6.08 Å². The fourth-order valence-corrected chi connectivity index (χ4v) is 2.89. The molecule has 0 spiro atoms. The minimum Gasteiger partial charge on any atom is -0.269 e. The van der Waals surface area contributed by atoms with E-state index in [1.165, 1.54) is 40.7 Å². The molecule has 0 unspecified atom stereocenters. The first-order chi connectivity index (χ1) is 10.4. The Morgan fingerprint density at radius 1 is 1.05 bits per heavy atom. The zero-order chi connectivity index (χ0) is 14.5. The molecule has 0 aliphatic heterocycles. The molecule has 4 rings (SSSR count). The second-order valence-corrected chi connectivity index (χ2v) is 5.45. The second kappa shape index (κ2) is 8.43. The molecule has 110 valence electrons. The minimum absolute atomic E-state index is 0. The van der Waals surface area contributed by atoms with Gasteiger partial charge >= 0.3 is 0 Å². The van der Waals surface area contributed by atoms with Gasteiger partial charge in [-0.2, -0.15) is 35.9 Å². The van der Waals surface area contributed by atoms with Gasteiger partial charge < -0.3 is 0 Å². The number of hydrogen-bond acceptors (Lipinski definition) is 0. The van der Waals surface area contributed by atoms with E-state index in [9.17, 15) is 0 Å². The minimum atomic E-state index is 0. The van der Waals surface area contributed by atoms with Crippen LogP contribution in [0.1, 0.15) is 37.3 Å². The fourth-order valence-electron chi connectivity index (χ4n) is 2.89. The van der Waals surface area contributed by atoms with Gasteiger partial charge in [-0.25, -0.2) is 11.6 Å². The zero-order valence-electron chi connectivity index (χ0n) is 13.0. The van der Waals surface area contributed by atoms with E-state index >= 15 is 0 Å². The monoisotopic (exact) mass is 452 g/mol. The third kappa shape index (κ3) is 3.95. The summed E-state index contributed by atoms with van der Waals surface area (Å²) in [7, 11) is 0. The van der Waals surface area contributed by atoms with Crippen LogP contribution in [-0.2, 0) is 32.3 Å². The van der Waals surface area contributed by atoms with E-state index in [4.69, 9.17) is 0 Å². The van der Waals surface area contributed by atoms with Gasteiger partial charge in [0.05, 0.1) is 0 Å². The summed E-state index contributed by atoms with van der Waals surface area (Å²) in [6, 6.07) is 18.1. The van der Waals surface area contributed by atoms with Crippen LogP contribution in [0.2, 0.25) is 0 Å². The molecule has 0 heterocycles. The Labute approximate surface area is 152 Å². The Kier molecular flexibility index (Phi) is 6.57. The Bertz CT molecular complexity index is 636. The molecule has 0 aromatic heterocycles. The van der Waals surface area contributed by atoms with Gasteiger partial charge in [-0.1, -0.05) is 55.2 Å². The molecule has 2 aliphatic rings. The van der Waals surface area contributed by atoms with Crippen molar-refractivity contribution in [3.05, 3.63) is 83.5 Å². The molecular formula is C21H20Hf-2. The van der Waals surface area contributed by atoms with Crippen molar-refractivity contribution in [1.82, 2.24) is 0 Å². The molecule has 0 bridgehead atoms. The van der Waals surface area contributed by atoms with E-state index in [0.717, 1.165) is 12.8 Å². The first-order valence-electron chi connectivity index (χ1n) is 7.72. The Morgan fingerprint density at radius 3 is 2.64 bits per heavy atom. The Hall–Kier alpha value is -1.21. The third-order valence-corrected chi connectivity index (χ3v) is 3.90. The molecule has 0 atom stereocenters. The first kappa shape index (κ1) is 17.1. The largest absolute Gasteiger partial charge is 0.269 e. The number of benzene rings is 2. The van der Waals surface area contributed by atoms with Crippen molar-refractivity contribution >= 4 is 0 Å². The van der Waals surface area contributed by atoms with E-state index < -0.39 is 0 Å². The summed E-state index contributed by atoms with van der Waals surface area (Å²) in [6.45, 7) is 2.20. The number of hydrogen-bond donors (Lipinski definition) is 0. The van der Waals surface area contributed by atoms with Gasteiger partial charge in [0.1, 0.15) is 0 Å². The smallest absolute Gasteiger partial charge is 0 e. The maximum absolute atomic E-state index is 3.30. The van der Waals surface area contributed by atoms with Crippen LogP contribution in [0.5, 0.6) is 0 Å². The fraction of sp³-hybridized carbons (Fsp3) is 0.238. The molecule has 2 aliphatic carbocycles. The van der Waals surface area contributed by atoms with Gasteiger partial charge in [-0.05, 0) is 6.42 Å². The molecule has 0 fully saturated rings. The van der Waals surface area contributed by atoms with Crippen molar-refractivity contribution in [2.24, 2.45) is 0 Å². The summed E-state index contributed by atoms with van der Waals surface area (Å²) in [5.74, 6) is 0. The van der Waals surface area contributed by atoms with Gasteiger partial charge in [0.2, 0.25) is 0 Å². The summed E-state index contributed by atoms with van der Waals surface area (Å²) >= 11 is 0. The van der Waals surface area contributed by atoms with E-state index in [0.29, 0.717) is 0 Å². The molecular weight excluding hydrogens is 431 g/mol. The maximum Gasteiger partial charge on any atom is 0 e. The van der Waals surface area contributed by atoms with Crippen molar-refractivity contribution in [2.45, 2.75) is 32.6 Å². The average molecular weight is 451 g/mol. The van der Waals surface area contributed by atoms with Crippen molar-refractivity contribution in [2.75, 3.05) is 0 Å². The van der Waals surface area contributed by atoms with E-state index in [2.05, 4.69) is 67.6 Å². The van der Waals surface area contributed by atoms with Crippen LogP contribution in [0, 0.1) is 12.1 Å². The SMILES string of the molecule is CCCC1=[C-]CC=C1.[Hf].[c-]1cccc2c1Cc1ccccc1-2. The molecule has 0 N–H and O–H groups in total. The molecule has 2 aromatic carbocycles. The molecule has 0 amide bonds. The van der Waals surface area contributed by atoms with Crippen molar-refractivity contribution in [1.29, 1.82) is 0 Å². The Morgan fingerprint density at radius 2 is 1.86 bits per heavy atom. The van der Waals surface area contributed by atoms with Crippen LogP contribution in [0.25, 0.3) is 11.1 Å². The average Bonchev–Trinajstić information content (AvgIpc) is 3.15. The maximum atomic E-state index is 3.30. The summed E-state index contributed by atoms with van der Waals surface area (Å²) in [4.78, 5) is 0. The number of rotatable bonds is 2. The van der Waals surface area contributed by atoms with E-state index in [1.807, 2.05) is 6.07 Å². The summed E-state index contributed by atoms with van der Waals surface area (Å²) in [6.07, 6.45) is 12.1. The summed E-state index contributed by atoms with van der Waals surface area (Å²) < 4.78 is 0. The van der Waals surface area contributed by atoms with Crippen LogP contribution in [0.4, 0.5) is 0 Å². The van der Waals surface area contributed by atoms with Crippen LogP contribution >= 0.6 is 0 Å². The van der Waals surface area contributed by atoms with Crippen molar-refractivity contribution < 1.29 is 25.8 Å². The first-order valence-corrected chi connectivity index (χ1v) is 7.72. The standard InChI is InChI=1S/C13H9.C8H11.Hf/c1-3-7-12-10(5-1)9-11-6-2-4-8-13(11)12;1-2-5-8-6-3-4-7-8;/h1-5,7-8H,9H2;3,6H,2,4-5H2,1H3;/q2*-1;. The van der Waals surface area contributed by atoms with E-state index in [-0.39, 0.29) is 25.8 Å². The topological polar surface area (TPSA) is 0 Å². The molecule has 0 nitrogen and oxygen atoms in total.